The van der Waals surface area contributed by atoms with Crippen LogP contribution in [0.2, 0.25) is 0 Å². The molecule has 10 heteroatoms. The average Bonchev–Trinajstić information content (AvgIpc) is 2.84. The SMILES string of the molecule is COc1ccc(S(=O)(=O)c2ccc(C(=O)Nc3ccc(N4CC(C)OC(C)C4)nc3)cn2)cc1. The van der Waals surface area contributed by atoms with E-state index in [0.29, 0.717) is 11.4 Å². The quantitative estimate of drug-likeness (QED) is 0.570. The van der Waals surface area contributed by atoms with Crippen LogP contribution in [-0.4, -0.2) is 56.7 Å². The number of methoxy groups -OCH3 is 1. The standard InChI is InChI=1S/C24H26N4O5S/c1-16-14-28(15-17(2)33-16)22-10-5-19(13-25-22)27-24(29)18-4-11-23(26-12-18)34(30,31)21-8-6-20(32-3)7-9-21/h4-13,16-17H,14-15H2,1-3H3,(H,27,29). The van der Waals surface area contributed by atoms with Gasteiger partial charge in [-0.05, 0) is 62.4 Å². The third kappa shape index (κ3) is 5.18. The molecular weight excluding hydrogens is 456 g/mol. The maximum absolute atomic E-state index is 12.8. The molecule has 34 heavy (non-hydrogen) atoms. The fourth-order valence-electron chi connectivity index (χ4n) is 3.76. The van der Waals surface area contributed by atoms with Gasteiger partial charge in [0.1, 0.15) is 11.6 Å². The first-order valence-corrected chi connectivity index (χ1v) is 12.3. The molecule has 9 nitrogen and oxygen atoms in total. The molecule has 2 unspecified atom stereocenters. The van der Waals surface area contributed by atoms with E-state index in [0.717, 1.165) is 18.9 Å². The van der Waals surface area contributed by atoms with E-state index in [1.54, 1.807) is 24.4 Å². The lowest BCUT2D eigenvalue weighted by molar-refractivity contribution is -0.00545. The molecule has 1 amide bonds. The molecule has 3 aromatic rings. The first-order chi connectivity index (χ1) is 16.3. The molecule has 0 saturated carbocycles. The average molecular weight is 483 g/mol. The largest absolute Gasteiger partial charge is 0.497 e. The second-order valence-electron chi connectivity index (χ2n) is 8.09. The van der Waals surface area contributed by atoms with Crippen molar-refractivity contribution in [2.24, 2.45) is 0 Å². The second-order valence-corrected chi connectivity index (χ2v) is 9.98. The van der Waals surface area contributed by atoms with Crippen molar-refractivity contribution in [1.82, 2.24) is 9.97 Å². The van der Waals surface area contributed by atoms with Crippen LogP contribution in [0.15, 0.2) is 70.8 Å². The van der Waals surface area contributed by atoms with Crippen molar-refractivity contribution in [2.75, 3.05) is 30.4 Å². The summed E-state index contributed by atoms with van der Waals surface area (Å²) in [5.41, 5.74) is 0.756. The van der Waals surface area contributed by atoms with Crippen molar-refractivity contribution < 1.29 is 22.7 Å². The van der Waals surface area contributed by atoms with Crippen molar-refractivity contribution in [1.29, 1.82) is 0 Å². The summed E-state index contributed by atoms with van der Waals surface area (Å²) in [5.74, 6) is 0.953. The van der Waals surface area contributed by atoms with Gasteiger partial charge < -0.3 is 19.7 Å². The van der Waals surface area contributed by atoms with Crippen molar-refractivity contribution in [3.63, 3.8) is 0 Å². The van der Waals surface area contributed by atoms with Gasteiger partial charge in [0, 0.05) is 19.3 Å². The molecule has 1 aromatic carbocycles. The molecule has 1 N–H and O–H groups in total. The van der Waals surface area contributed by atoms with Crippen LogP contribution in [-0.2, 0) is 14.6 Å². The summed E-state index contributed by atoms with van der Waals surface area (Å²) in [6.45, 7) is 5.55. The van der Waals surface area contributed by atoms with Gasteiger partial charge in [-0.3, -0.25) is 4.79 Å². The van der Waals surface area contributed by atoms with Crippen LogP contribution in [0.25, 0.3) is 0 Å². The lowest BCUT2D eigenvalue weighted by atomic mass is 10.2. The molecule has 1 saturated heterocycles. The van der Waals surface area contributed by atoms with E-state index in [4.69, 9.17) is 9.47 Å². The summed E-state index contributed by atoms with van der Waals surface area (Å²) in [4.78, 5) is 23.3. The summed E-state index contributed by atoms with van der Waals surface area (Å²) in [5, 5.41) is 2.62. The van der Waals surface area contributed by atoms with Crippen LogP contribution in [0.3, 0.4) is 0 Å². The molecule has 0 bridgehead atoms. The normalized spacial score (nSPS) is 18.4. The van der Waals surface area contributed by atoms with Crippen LogP contribution in [0, 0.1) is 0 Å². The molecule has 2 atom stereocenters. The van der Waals surface area contributed by atoms with Crippen LogP contribution < -0.4 is 15.0 Å². The minimum Gasteiger partial charge on any atom is -0.497 e. The molecule has 178 valence electrons. The monoisotopic (exact) mass is 482 g/mol. The van der Waals surface area contributed by atoms with Crippen LogP contribution >= 0.6 is 0 Å². The maximum atomic E-state index is 12.8. The van der Waals surface area contributed by atoms with E-state index in [1.807, 2.05) is 19.9 Å². The Balaban J connectivity index is 1.42. The molecule has 1 fully saturated rings. The molecule has 3 heterocycles. The minimum absolute atomic E-state index is 0.0909. The van der Waals surface area contributed by atoms with Gasteiger partial charge in [0.2, 0.25) is 9.84 Å². The van der Waals surface area contributed by atoms with Gasteiger partial charge >= 0.3 is 0 Å². The summed E-state index contributed by atoms with van der Waals surface area (Å²) in [6, 6.07) is 12.4. The molecule has 0 aliphatic carbocycles. The van der Waals surface area contributed by atoms with Gasteiger partial charge in [0.25, 0.3) is 5.91 Å². The highest BCUT2D eigenvalue weighted by Crippen LogP contribution is 2.23. The molecule has 0 spiro atoms. The zero-order chi connectivity index (χ0) is 24.3. The number of benzene rings is 1. The van der Waals surface area contributed by atoms with E-state index in [2.05, 4.69) is 20.2 Å². The van der Waals surface area contributed by atoms with Gasteiger partial charge in [-0.25, -0.2) is 18.4 Å². The Morgan fingerprint density at radius 3 is 2.26 bits per heavy atom. The predicted molar refractivity (Wildman–Crippen MR) is 127 cm³/mol. The lowest BCUT2D eigenvalue weighted by Crippen LogP contribution is -2.45. The van der Waals surface area contributed by atoms with Crippen molar-refractivity contribution in [3.8, 4) is 5.75 Å². The predicted octanol–water partition coefficient (Wildman–Crippen LogP) is 3.18. The smallest absolute Gasteiger partial charge is 0.257 e. The van der Waals surface area contributed by atoms with Gasteiger partial charge in [-0.15, -0.1) is 0 Å². The van der Waals surface area contributed by atoms with Crippen molar-refractivity contribution >= 4 is 27.2 Å². The number of carbonyl (C=O) groups excluding carboxylic acids is 1. The number of anilines is 2. The number of rotatable bonds is 6. The Morgan fingerprint density at radius 1 is 1.00 bits per heavy atom. The third-order valence-electron chi connectivity index (χ3n) is 5.39. The fraction of sp³-hybridized carbons (Fsp3) is 0.292. The first kappa shape index (κ1) is 23.7. The first-order valence-electron chi connectivity index (χ1n) is 10.8. The van der Waals surface area contributed by atoms with E-state index in [1.165, 1.54) is 37.6 Å². The number of carbonyl (C=O) groups is 1. The van der Waals surface area contributed by atoms with Gasteiger partial charge in [-0.2, -0.15) is 0 Å². The summed E-state index contributed by atoms with van der Waals surface area (Å²) in [7, 11) is -2.31. The van der Waals surface area contributed by atoms with Gasteiger partial charge in [0.15, 0.2) is 5.03 Å². The maximum Gasteiger partial charge on any atom is 0.257 e. The van der Waals surface area contributed by atoms with Crippen LogP contribution in [0.1, 0.15) is 24.2 Å². The minimum atomic E-state index is -3.81. The number of nitrogens with zero attached hydrogens (tertiary/aromatic N) is 3. The molecular formula is C24H26N4O5S. The Bertz CT molecular complexity index is 1240. The van der Waals surface area contributed by atoms with Gasteiger partial charge in [0.05, 0.1) is 41.7 Å². The zero-order valence-corrected chi connectivity index (χ0v) is 20.0. The van der Waals surface area contributed by atoms with E-state index in [-0.39, 0.29) is 27.7 Å². The van der Waals surface area contributed by atoms with Gasteiger partial charge in [-0.1, -0.05) is 0 Å². The highest BCUT2D eigenvalue weighted by atomic mass is 32.2. The summed E-state index contributed by atoms with van der Waals surface area (Å²) < 4.78 is 36.4. The molecule has 1 aliphatic rings. The molecule has 0 radical (unpaired) electrons. The molecule has 4 rings (SSSR count). The highest BCUT2D eigenvalue weighted by molar-refractivity contribution is 7.91. The fourth-order valence-corrected chi connectivity index (χ4v) is 4.94. The van der Waals surface area contributed by atoms with Crippen molar-refractivity contribution in [2.45, 2.75) is 36.0 Å². The number of amides is 1. The third-order valence-corrected chi connectivity index (χ3v) is 7.08. The topological polar surface area (TPSA) is 111 Å². The van der Waals surface area contributed by atoms with Crippen LogP contribution in [0.5, 0.6) is 5.75 Å². The summed E-state index contributed by atoms with van der Waals surface area (Å²) >= 11 is 0. The number of aromatic nitrogens is 2. The summed E-state index contributed by atoms with van der Waals surface area (Å²) in [6.07, 6.45) is 3.07. The highest BCUT2D eigenvalue weighted by Gasteiger charge is 2.23. The Hall–Kier alpha value is -3.50. The number of ether oxygens (including phenoxy) is 2. The second kappa shape index (κ2) is 9.78. The lowest BCUT2D eigenvalue weighted by Gasteiger charge is -2.36. The van der Waals surface area contributed by atoms with E-state index in [9.17, 15) is 13.2 Å². The molecule has 1 aliphatic heterocycles. The number of pyridine rings is 2. The van der Waals surface area contributed by atoms with E-state index >= 15 is 0 Å². The van der Waals surface area contributed by atoms with E-state index < -0.39 is 15.7 Å². The zero-order valence-electron chi connectivity index (χ0n) is 19.1. The Kier molecular flexibility index (Phi) is 6.80. The number of hydrogen-bond acceptors (Lipinski definition) is 8. The Labute approximate surface area is 198 Å². The molecule has 2 aromatic heterocycles. The number of nitrogens with one attached hydrogen (secondary N) is 1. The number of sulfone groups is 1. The van der Waals surface area contributed by atoms with Crippen molar-refractivity contribution in [3.05, 3.63) is 66.5 Å². The van der Waals surface area contributed by atoms with Crippen LogP contribution in [0.4, 0.5) is 11.5 Å². The number of morpholine rings is 1. The Morgan fingerprint density at radius 2 is 1.71 bits per heavy atom. The number of hydrogen-bond donors (Lipinski definition) is 1.